The zero-order valence-electron chi connectivity index (χ0n) is 10.5. The van der Waals surface area contributed by atoms with Gasteiger partial charge in [-0.3, -0.25) is 4.72 Å². The van der Waals surface area contributed by atoms with Crippen molar-refractivity contribution < 1.29 is 12.8 Å². The molecule has 0 unspecified atom stereocenters. The molecule has 0 bridgehead atoms. The van der Waals surface area contributed by atoms with Gasteiger partial charge in [0.25, 0.3) is 10.0 Å². The zero-order chi connectivity index (χ0) is 14.9. The first-order valence-electron chi connectivity index (χ1n) is 5.63. The van der Waals surface area contributed by atoms with Crippen LogP contribution in [0, 0.1) is 12.7 Å². The van der Waals surface area contributed by atoms with Gasteiger partial charge in [-0.05, 0) is 64.8 Å². The molecule has 0 fully saturated rings. The van der Waals surface area contributed by atoms with Crippen LogP contribution >= 0.6 is 15.9 Å². The molecule has 0 saturated heterocycles. The second kappa shape index (κ2) is 5.41. The van der Waals surface area contributed by atoms with Gasteiger partial charge in [-0.1, -0.05) is 0 Å². The number of hydrogen-bond acceptors (Lipinski definition) is 3. The summed E-state index contributed by atoms with van der Waals surface area (Å²) in [5, 5.41) is 0. The highest BCUT2D eigenvalue weighted by molar-refractivity contribution is 9.10. The zero-order valence-corrected chi connectivity index (χ0v) is 12.9. The van der Waals surface area contributed by atoms with Crippen LogP contribution in [0.4, 0.5) is 15.8 Å². The first-order chi connectivity index (χ1) is 9.29. The van der Waals surface area contributed by atoms with Crippen LogP contribution in [0.15, 0.2) is 45.8 Å². The maximum atomic E-state index is 13.0. The number of sulfonamides is 1. The monoisotopic (exact) mass is 358 g/mol. The highest BCUT2D eigenvalue weighted by Gasteiger charge is 2.18. The van der Waals surface area contributed by atoms with Crippen molar-refractivity contribution in [2.45, 2.75) is 11.8 Å². The molecule has 0 radical (unpaired) electrons. The molecule has 0 aliphatic rings. The second-order valence-corrected chi connectivity index (χ2v) is 6.76. The lowest BCUT2D eigenvalue weighted by molar-refractivity contribution is 0.598. The number of anilines is 2. The lowest BCUT2D eigenvalue weighted by atomic mass is 10.2. The van der Waals surface area contributed by atoms with Crippen LogP contribution in [0.25, 0.3) is 0 Å². The normalized spacial score (nSPS) is 11.3. The SMILES string of the molecule is Cc1cc(F)ccc1S(=O)(=O)Nc1ccc(N)cc1Br. The van der Waals surface area contributed by atoms with E-state index in [-0.39, 0.29) is 4.90 Å². The summed E-state index contributed by atoms with van der Waals surface area (Å²) in [6.45, 7) is 1.54. The Hall–Kier alpha value is -1.60. The van der Waals surface area contributed by atoms with E-state index in [1.165, 1.54) is 19.1 Å². The van der Waals surface area contributed by atoms with Gasteiger partial charge in [-0.15, -0.1) is 0 Å². The predicted octanol–water partition coefficient (Wildman–Crippen LogP) is 3.28. The van der Waals surface area contributed by atoms with Crippen molar-refractivity contribution in [1.29, 1.82) is 0 Å². The summed E-state index contributed by atoms with van der Waals surface area (Å²) in [6.07, 6.45) is 0. The third kappa shape index (κ3) is 3.10. The Morgan fingerprint density at radius 3 is 2.50 bits per heavy atom. The molecule has 0 aliphatic heterocycles. The van der Waals surface area contributed by atoms with E-state index >= 15 is 0 Å². The quantitative estimate of drug-likeness (QED) is 0.827. The molecule has 4 nitrogen and oxygen atoms in total. The summed E-state index contributed by atoms with van der Waals surface area (Å²) < 4.78 is 40.6. The molecule has 0 saturated carbocycles. The van der Waals surface area contributed by atoms with Gasteiger partial charge in [0.15, 0.2) is 0 Å². The van der Waals surface area contributed by atoms with Crippen LogP contribution in [0.3, 0.4) is 0 Å². The number of nitrogens with two attached hydrogens (primary N) is 1. The van der Waals surface area contributed by atoms with Crippen LogP contribution in [0.1, 0.15) is 5.56 Å². The lowest BCUT2D eigenvalue weighted by Crippen LogP contribution is -2.14. The minimum absolute atomic E-state index is 0.0302. The summed E-state index contributed by atoms with van der Waals surface area (Å²) in [4.78, 5) is 0.0302. The van der Waals surface area contributed by atoms with Crippen molar-refractivity contribution in [2.75, 3.05) is 10.5 Å². The van der Waals surface area contributed by atoms with Gasteiger partial charge in [0.05, 0.1) is 10.6 Å². The number of rotatable bonds is 3. The van der Waals surface area contributed by atoms with E-state index in [0.717, 1.165) is 6.07 Å². The third-order valence-electron chi connectivity index (χ3n) is 2.66. The van der Waals surface area contributed by atoms with Crippen LogP contribution in [-0.2, 0) is 10.0 Å². The number of nitrogens with one attached hydrogen (secondary N) is 1. The van der Waals surface area contributed by atoms with Crippen molar-refractivity contribution >= 4 is 37.3 Å². The highest BCUT2D eigenvalue weighted by atomic mass is 79.9. The Bertz CT molecular complexity index is 763. The molecule has 0 spiro atoms. The van der Waals surface area contributed by atoms with Gasteiger partial charge in [0, 0.05) is 10.2 Å². The average molecular weight is 359 g/mol. The van der Waals surface area contributed by atoms with Gasteiger partial charge >= 0.3 is 0 Å². The molecule has 7 heteroatoms. The summed E-state index contributed by atoms with van der Waals surface area (Å²) in [5.41, 5.74) is 6.81. The minimum atomic E-state index is -3.78. The first kappa shape index (κ1) is 14.8. The summed E-state index contributed by atoms with van der Waals surface area (Å²) in [7, 11) is -3.78. The maximum Gasteiger partial charge on any atom is 0.262 e. The van der Waals surface area contributed by atoms with E-state index in [9.17, 15) is 12.8 Å². The molecule has 0 aliphatic carbocycles. The number of hydrogen-bond donors (Lipinski definition) is 2. The predicted molar refractivity (Wildman–Crippen MR) is 80.5 cm³/mol. The molecule has 2 aromatic rings. The fourth-order valence-corrected chi connectivity index (χ4v) is 3.66. The second-order valence-electron chi connectivity index (χ2n) is 4.25. The van der Waals surface area contributed by atoms with Crippen molar-refractivity contribution in [1.82, 2.24) is 0 Å². The molecular formula is C13H12BrFN2O2S. The van der Waals surface area contributed by atoms with Gasteiger partial charge in [-0.2, -0.15) is 0 Å². The topological polar surface area (TPSA) is 72.2 Å². The lowest BCUT2D eigenvalue weighted by Gasteiger charge is -2.12. The number of nitrogen functional groups attached to an aromatic ring is 1. The van der Waals surface area contributed by atoms with E-state index in [1.54, 1.807) is 18.2 Å². The highest BCUT2D eigenvalue weighted by Crippen LogP contribution is 2.27. The van der Waals surface area contributed by atoms with E-state index in [4.69, 9.17) is 5.73 Å². The summed E-state index contributed by atoms with van der Waals surface area (Å²) in [5.74, 6) is -0.477. The summed E-state index contributed by atoms with van der Waals surface area (Å²) in [6, 6.07) is 8.25. The smallest absolute Gasteiger partial charge is 0.262 e. The molecule has 0 heterocycles. The van der Waals surface area contributed by atoms with Crippen LogP contribution in [0.5, 0.6) is 0 Å². The van der Waals surface area contributed by atoms with Crippen LogP contribution < -0.4 is 10.5 Å². The maximum absolute atomic E-state index is 13.0. The Morgan fingerprint density at radius 1 is 1.20 bits per heavy atom. The van der Waals surface area contributed by atoms with Crippen LogP contribution in [-0.4, -0.2) is 8.42 Å². The van der Waals surface area contributed by atoms with Gasteiger partial charge in [0.2, 0.25) is 0 Å². The molecule has 0 amide bonds. The molecular weight excluding hydrogens is 347 g/mol. The first-order valence-corrected chi connectivity index (χ1v) is 7.91. The molecule has 2 aromatic carbocycles. The fraction of sp³-hybridized carbons (Fsp3) is 0.0769. The molecule has 0 atom stereocenters. The Balaban J connectivity index is 2.41. The standard InChI is InChI=1S/C13H12BrFN2O2S/c1-8-6-9(15)2-5-13(8)20(18,19)17-12-4-3-10(16)7-11(12)14/h2-7,17H,16H2,1H3. The molecule has 3 N–H and O–H groups in total. The largest absolute Gasteiger partial charge is 0.399 e. The molecule has 106 valence electrons. The molecule has 0 aromatic heterocycles. The van der Waals surface area contributed by atoms with Crippen molar-refractivity contribution in [2.24, 2.45) is 0 Å². The van der Waals surface area contributed by atoms with Gasteiger partial charge in [0.1, 0.15) is 5.82 Å². The molecule has 20 heavy (non-hydrogen) atoms. The van der Waals surface area contributed by atoms with E-state index in [1.807, 2.05) is 0 Å². The Kier molecular flexibility index (Phi) is 4.01. The Labute approximate surface area is 125 Å². The average Bonchev–Trinajstić information content (AvgIpc) is 2.32. The van der Waals surface area contributed by atoms with Gasteiger partial charge < -0.3 is 5.73 Å². The number of benzene rings is 2. The minimum Gasteiger partial charge on any atom is -0.399 e. The van der Waals surface area contributed by atoms with Crippen LogP contribution in [0.2, 0.25) is 0 Å². The Morgan fingerprint density at radius 2 is 1.90 bits per heavy atom. The van der Waals surface area contributed by atoms with Gasteiger partial charge in [-0.25, -0.2) is 12.8 Å². The number of halogens is 2. The van der Waals surface area contributed by atoms with Crippen molar-refractivity contribution in [3.8, 4) is 0 Å². The fourth-order valence-electron chi connectivity index (χ4n) is 1.73. The van der Waals surface area contributed by atoms with E-state index in [0.29, 0.717) is 21.4 Å². The van der Waals surface area contributed by atoms with Crippen molar-refractivity contribution in [3.05, 3.63) is 52.3 Å². The summed E-state index contributed by atoms with van der Waals surface area (Å²) >= 11 is 3.24. The molecule has 2 rings (SSSR count). The third-order valence-corrected chi connectivity index (χ3v) is 4.85. The van der Waals surface area contributed by atoms with E-state index in [2.05, 4.69) is 20.7 Å². The number of aryl methyl sites for hydroxylation is 1. The van der Waals surface area contributed by atoms with Crippen molar-refractivity contribution in [3.63, 3.8) is 0 Å². The van der Waals surface area contributed by atoms with E-state index < -0.39 is 15.8 Å².